The highest BCUT2D eigenvalue weighted by Gasteiger charge is 2.42. The van der Waals surface area contributed by atoms with Crippen molar-refractivity contribution in [3.8, 4) is 0 Å². The van der Waals surface area contributed by atoms with E-state index in [1.807, 2.05) is 34.9 Å². The average Bonchev–Trinajstić information content (AvgIpc) is 3.07. The zero-order valence-corrected chi connectivity index (χ0v) is 14.6. The summed E-state index contributed by atoms with van der Waals surface area (Å²) >= 11 is 0. The molecule has 2 aromatic heterocycles. The number of aromatic amines is 1. The first-order valence-corrected chi connectivity index (χ1v) is 9.11. The lowest BCUT2D eigenvalue weighted by Gasteiger charge is -2.48. The Bertz CT molecular complexity index is 782. The minimum atomic E-state index is 0.0389. The van der Waals surface area contributed by atoms with E-state index < -0.39 is 0 Å². The summed E-state index contributed by atoms with van der Waals surface area (Å²) in [5, 5.41) is 0.956. The van der Waals surface area contributed by atoms with Gasteiger partial charge in [-0.05, 0) is 44.4 Å². The number of hydrogen-bond acceptors (Lipinski definition) is 3. The van der Waals surface area contributed by atoms with Crippen LogP contribution < -0.4 is 0 Å². The van der Waals surface area contributed by atoms with Gasteiger partial charge in [-0.25, -0.2) is 4.98 Å². The third-order valence-corrected chi connectivity index (χ3v) is 5.70. The van der Waals surface area contributed by atoms with Gasteiger partial charge in [0, 0.05) is 49.6 Å². The first-order chi connectivity index (χ1) is 12.1. The van der Waals surface area contributed by atoms with Gasteiger partial charge in [-0.1, -0.05) is 0 Å². The van der Waals surface area contributed by atoms with Crippen LogP contribution in [0.25, 0.3) is 11.0 Å². The summed E-state index contributed by atoms with van der Waals surface area (Å²) in [6.07, 6.45) is 5.30. The molecule has 4 rings (SSSR count). The standard InChI is InChI=1S/C19H24N4O2/c1-2-22-12-19(8-6-16(22)24)7-4-10-23(13-19)18(25)15-11-14-5-3-9-20-17(14)21-15/h3,5,9,11H,2,4,6-8,10,12-13H2,1H3,(H,20,21)/t19-/m1/s1. The third kappa shape index (κ3) is 2.90. The highest BCUT2D eigenvalue weighted by molar-refractivity contribution is 5.97. The summed E-state index contributed by atoms with van der Waals surface area (Å²) in [7, 11) is 0. The number of carbonyl (C=O) groups excluding carboxylic acids is 2. The molecule has 0 saturated carbocycles. The van der Waals surface area contributed by atoms with Gasteiger partial charge >= 0.3 is 0 Å². The molecule has 2 saturated heterocycles. The van der Waals surface area contributed by atoms with Crippen molar-refractivity contribution in [2.75, 3.05) is 26.2 Å². The molecule has 132 valence electrons. The van der Waals surface area contributed by atoms with Crippen molar-refractivity contribution in [1.29, 1.82) is 0 Å². The van der Waals surface area contributed by atoms with Crippen molar-refractivity contribution in [1.82, 2.24) is 19.8 Å². The largest absolute Gasteiger partial charge is 0.342 e. The summed E-state index contributed by atoms with van der Waals surface area (Å²) in [6.45, 7) is 5.07. The van der Waals surface area contributed by atoms with Crippen molar-refractivity contribution < 1.29 is 9.59 Å². The number of hydrogen-bond donors (Lipinski definition) is 1. The number of aromatic nitrogens is 2. The normalized spacial score (nSPS) is 24.3. The second-order valence-corrected chi connectivity index (χ2v) is 7.36. The molecule has 1 spiro atoms. The molecule has 2 fully saturated rings. The number of pyridine rings is 1. The molecule has 0 aliphatic carbocycles. The van der Waals surface area contributed by atoms with Crippen LogP contribution in [-0.4, -0.2) is 57.8 Å². The van der Waals surface area contributed by atoms with Crippen LogP contribution in [0, 0.1) is 5.41 Å². The summed E-state index contributed by atoms with van der Waals surface area (Å²) in [5.41, 5.74) is 1.41. The second-order valence-electron chi connectivity index (χ2n) is 7.36. The zero-order chi connectivity index (χ0) is 17.4. The summed E-state index contributed by atoms with van der Waals surface area (Å²) in [5.74, 6) is 0.287. The Morgan fingerprint density at radius 1 is 1.36 bits per heavy atom. The van der Waals surface area contributed by atoms with Crippen LogP contribution in [0.2, 0.25) is 0 Å². The fourth-order valence-electron chi connectivity index (χ4n) is 4.35. The molecule has 4 heterocycles. The fraction of sp³-hybridized carbons (Fsp3) is 0.526. The van der Waals surface area contributed by atoms with Crippen molar-refractivity contribution in [3.63, 3.8) is 0 Å². The van der Waals surface area contributed by atoms with Gasteiger partial charge in [0.2, 0.25) is 5.91 Å². The van der Waals surface area contributed by atoms with Crippen molar-refractivity contribution in [2.45, 2.75) is 32.6 Å². The van der Waals surface area contributed by atoms with Crippen LogP contribution in [0.4, 0.5) is 0 Å². The predicted octanol–water partition coefficient (Wildman–Crippen LogP) is 2.43. The highest BCUT2D eigenvalue weighted by atomic mass is 16.2. The Hall–Kier alpha value is -2.37. The maximum absolute atomic E-state index is 13.0. The van der Waals surface area contributed by atoms with Crippen LogP contribution in [0.1, 0.15) is 43.1 Å². The number of fused-ring (bicyclic) bond motifs is 1. The first kappa shape index (κ1) is 16.1. The van der Waals surface area contributed by atoms with E-state index in [2.05, 4.69) is 9.97 Å². The SMILES string of the molecule is CCN1C[C@@]2(CCCN(C(=O)c3cc4cccnc4[nH]3)C2)CCC1=O. The van der Waals surface area contributed by atoms with E-state index in [0.717, 1.165) is 56.5 Å². The van der Waals surface area contributed by atoms with Crippen LogP contribution >= 0.6 is 0 Å². The number of nitrogens with zero attached hydrogens (tertiary/aromatic N) is 3. The molecular formula is C19H24N4O2. The first-order valence-electron chi connectivity index (χ1n) is 9.11. The monoisotopic (exact) mass is 340 g/mol. The lowest BCUT2D eigenvalue weighted by molar-refractivity contribution is -0.138. The van der Waals surface area contributed by atoms with Gasteiger partial charge in [0.15, 0.2) is 0 Å². The van der Waals surface area contributed by atoms with Gasteiger partial charge in [0.1, 0.15) is 11.3 Å². The number of likely N-dealkylation sites (tertiary alicyclic amines) is 2. The lowest BCUT2D eigenvalue weighted by Crippen LogP contribution is -2.55. The van der Waals surface area contributed by atoms with E-state index in [4.69, 9.17) is 0 Å². The molecule has 0 radical (unpaired) electrons. The zero-order valence-electron chi connectivity index (χ0n) is 14.6. The van der Waals surface area contributed by atoms with Gasteiger partial charge in [-0.2, -0.15) is 0 Å². The Labute approximate surface area is 147 Å². The molecule has 0 aromatic carbocycles. The van der Waals surface area contributed by atoms with Crippen LogP contribution in [0.15, 0.2) is 24.4 Å². The Balaban J connectivity index is 1.54. The maximum Gasteiger partial charge on any atom is 0.270 e. The smallest absolute Gasteiger partial charge is 0.270 e. The molecule has 6 nitrogen and oxygen atoms in total. The number of carbonyl (C=O) groups is 2. The summed E-state index contributed by atoms with van der Waals surface area (Å²) in [6, 6.07) is 5.71. The second kappa shape index (κ2) is 6.17. The third-order valence-electron chi connectivity index (χ3n) is 5.70. The lowest BCUT2D eigenvalue weighted by atomic mass is 9.73. The van der Waals surface area contributed by atoms with E-state index >= 15 is 0 Å². The van der Waals surface area contributed by atoms with E-state index in [9.17, 15) is 9.59 Å². The molecule has 0 bridgehead atoms. The van der Waals surface area contributed by atoms with Gasteiger partial charge < -0.3 is 14.8 Å². The minimum Gasteiger partial charge on any atom is -0.342 e. The summed E-state index contributed by atoms with van der Waals surface area (Å²) < 4.78 is 0. The van der Waals surface area contributed by atoms with E-state index in [1.54, 1.807) is 6.20 Å². The molecule has 6 heteroatoms. The number of nitrogens with one attached hydrogen (secondary N) is 1. The van der Waals surface area contributed by atoms with Gasteiger partial charge in [-0.3, -0.25) is 9.59 Å². The molecule has 2 amide bonds. The summed E-state index contributed by atoms with van der Waals surface area (Å²) in [4.78, 5) is 36.3. The van der Waals surface area contributed by atoms with Gasteiger partial charge in [-0.15, -0.1) is 0 Å². The Morgan fingerprint density at radius 3 is 3.04 bits per heavy atom. The molecule has 1 N–H and O–H groups in total. The molecule has 2 aliphatic rings. The van der Waals surface area contributed by atoms with Crippen molar-refractivity contribution >= 4 is 22.8 Å². The highest BCUT2D eigenvalue weighted by Crippen LogP contribution is 2.39. The average molecular weight is 340 g/mol. The van der Waals surface area contributed by atoms with E-state index in [1.165, 1.54) is 0 Å². The predicted molar refractivity (Wildman–Crippen MR) is 95.2 cm³/mol. The van der Waals surface area contributed by atoms with E-state index in [-0.39, 0.29) is 17.2 Å². The topological polar surface area (TPSA) is 69.3 Å². The van der Waals surface area contributed by atoms with Crippen molar-refractivity contribution in [2.24, 2.45) is 5.41 Å². The number of piperidine rings is 2. The quantitative estimate of drug-likeness (QED) is 0.913. The van der Waals surface area contributed by atoms with Crippen LogP contribution in [-0.2, 0) is 4.79 Å². The van der Waals surface area contributed by atoms with Gasteiger partial charge in [0.25, 0.3) is 5.91 Å². The fourth-order valence-corrected chi connectivity index (χ4v) is 4.35. The minimum absolute atomic E-state index is 0.0389. The molecule has 0 unspecified atom stereocenters. The molecule has 2 aromatic rings. The van der Waals surface area contributed by atoms with Gasteiger partial charge in [0.05, 0.1) is 0 Å². The Morgan fingerprint density at radius 2 is 2.24 bits per heavy atom. The number of rotatable bonds is 2. The maximum atomic E-state index is 13.0. The van der Waals surface area contributed by atoms with Crippen LogP contribution in [0.3, 0.4) is 0 Å². The Kier molecular flexibility index (Phi) is 3.98. The molecule has 25 heavy (non-hydrogen) atoms. The van der Waals surface area contributed by atoms with Crippen molar-refractivity contribution in [3.05, 3.63) is 30.1 Å². The van der Waals surface area contributed by atoms with Crippen LogP contribution in [0.5, 0.6) is 0 Å². The molecular weight excluding hydrogens is 316 g/mol. The number of amides is 2. The number of H-pyrrole nitrogens is 1. The molecule has 2 aliphatic heterocycles. The van der Waals surface area contributed by atoms with E-state index in [0.29, 0.717) is 12.1 Å². The molecule has 1 atom stereocenters.